The molecule has 1 atom stereocenters. The van der Waals surface area contributed by atoms with Crippen LogP contribution in [-0.4, -0.2) is 59.0 Å². The van der Waals surface area contributed by atoms with Crippen LogP contribution < -0.4 is 9.64 Å². The normalized spacial score (nSPS) is 15.4. The first-order chi connectivity index (χ1) is 17.9. The maximum Gasteiger partial charge on any atom is 0.318 e. The second-order valence-electron chi connectivity index (χ2n) is 9.04. The number of fused-ring (bicyclic) bond motifs is 2. The number of carbonyl (C=O) groups is 1. The van der Waals surface area contributed by atoms with E-state index in [0.29, 0.717) is 47.2 Å². The lowest BCUT2D eigenvalue weighted by atomic mass is 9.95. The highest BCUT2D eigenvalue weighted by Gasteiger charge is 2.30. The van der Waals surface area contributed by atoms with Crippen LogP contribution in [0.2, 0.25) is 0 Å². The average molecular weight is 504 g/mol. The number of aromatic nitrogens is 3. The first-order valence-electron chi connectivity index (χ1n) is 12.1. The number of carbonyl (C=O) groups excluding carboxylic acids is 1. The molecule has 0 bridgehead atoms. The predicted molar refractivity (Wildman–Crippen MR) is 140 cm³/mol. The third kappa shape index (κ3) is 4.14. The molecule has 1 aliphatic heterocycles. The largest absolute Gasteiger partial charge is 0.467 e. The van der Waals surface area contributed by atoms with Gasteiger partial charge in [0, 0.05) is 37.9 Å². The van der Waals surface area contributed by atoms with Crippen molar-refractivity contribution in [1.82, 2.24) is 19.9 Å². The van der Waals surface area contributed by atoms with Gasteiger partial charge in [0.25, 0.3) is 0 Å². The summed E-state index contributed by atoms with van der Waals surface area (Å²) >= 11 is 0. The van der Waals surface area contributed by atoms with E-state index in [0.717, 1.165) is 11.8 Å². The van der Waals surface area contributed by atoms with E-state index in [1.807, 2.05) is 24.9 Å². The molecule has 37 heavy (non-hydrogen) atoms. The predicted octanol–water partition coefficient (Wildman–Crippen LogP) is 4.92. The van der Waals surface area contributed by atoms with Crippen molar-refractivity contribution in [2.24, 2.45) is 0 Å². The van der Waals surface area contributed by atoms with Crippen molar-refractivity contribution in [1.29, 1.82) is 0 Å². The van der Waals surface area contributed by atoms with Crippen LogP contribution >= 0.6 is 0 Å². The molecule has 1 amide bonds. The molecular weight excluding hydrogens is 476 g/mol. The second-order valence-corrected chi connectivity index (χ2v) is 9.04. The van der Waals surface area contributed by atoms with Gasteiger partial charge in [0.15, 0.2) is 5.82 Å². The van der Waals surface area contributed by atoms with Crippen molar-refractivity contribution in [3.63, 3.8) is 0 Å². The summed E-state index contributed by atoms with van der Waals surface area (Å²) in [7, 11) is 3.27. The fourth-order valence-corrected chi connectivity index (χ4v) is 5.10. The fourth-order valence-electron chi connectivity index (χ4n) is 5.10. The minimum absolute atomic E-state index is 0.0145. The molecule has 1 aliphatic rings. The minimum Gasteiger partial charge on any atom is -0.467 e. The van der Waals surface area contributed by atoms with Gasteiger partial charge in [-0.1, -0.05) is 37.8 Å². The number of rotatable bonds is 6. The van der Waals surface area contributed by atoms with Crippen molar-refractivity contribution in [2.75, 3.05) is 32.1 Å². The van der Waals surface area contributed by atoms with Crippen LogP contribution in [0.15, 0.2) is 49.2 Å². The van der Waals surface area contributed by atoms with Gasteiger partial charge in [-0.25, -0.2) is 8.78 Å². The molecule has 4 aromatic rings. The van der Waals surface area contributed by atoms with Crippen LogP contribution in [0.1, 0.15) is 18.9 Å². The average Bonchev–Trinajstić information content (AvgIpc) is 3.42. The van der Waals surface area contributed by atoms with Crippen LogP contribution in [-0.2, 0) is 11.2 Å². The van der Waals surface area contributed by atoms with Crippen molar-refractivity contribution in [3.05, 3.63) is 66.4 Å². The summed E-state index contributed by atoms with van der Waals surface area (Å²) in [6, 6.07) is 8.51. The molecule has 2 aromatic carbocycles. The maximum absolute atomic E-state index is 16.2. The van der Waals surface area contributed by atoms with Crippen LogP contribution in [0, 0.1) is 11.6 Å². The Morgan fingerprint density at radius 1 is 1.27 bits per heavy atom. The molecule has 3 heterocycles. The van der Waals surface area contributed by atoms with Gasteiger partial charge < -0.3 is 14.5 Å². The number of ether oxygens (including phenoxy) is 1. The summed E-state index contributed by atoms with van der Waals surface area (Å²) in [4.78, 5) is 29.0. The minimum atomic E-state index is -0.637. The smallest absolute Gasteiger partial charge is 0.318 e. The summed E-state index contributed by atoms with van der Waals surface area (Å²) in [5.74, 6) is -0.647. The molecular formula is C28H27F2N5O2. The topological polar surface area (TPSA) is 71.5 Å². The highest BCUT2D eigenvalue weighted by atomic mass is 19.1. The number of anilines is 1. The molecule has 0 aliphatic carbocycles. The van der Waals surface area contributed by atoms with Gasteiger partial charge >= 0.3 is 6.01 Å². The van der Waals surface area contributed by atoms with E-state index < -0.39 is 5.82 Å². The zero-order valence-corrected chi connectivity index (χ0v) is 21.0. The Kier molecular flexibility index (Phi) is 6.45. The molecule has 190 valence electrons. The number of methoxy groups -OCH3 is 1. The van der Waals surface area contributed by atoms with Gasteiger partial charge in [-0.05, 0) is 41.3 Å². The van der Waals surface area contributed by atoms with Crippen molar-refractivity contribution < 1.29 is 18.3 Å². The van der Waals surface area contributed by atoms with E-state index in [1.54, 1.807) is 29.3 Å². The lowest BCUT2D eigenvalue weighted by Crippen LogP contribution is -2.36. The van der Waals surface area contributed by atoms with E-state index in [4.69, 9.17) is 4.74 Å². The number of likely N-dealkylation sites (N-methyl/N-ethyl adjacent to an activating group) is 1. The van der Waals surface area contributed by atoms with Gasteiger partial charge in [-0.3, -0.25) is 9.78 Å². The third-order valence-corrected chi connectivity index (χ3v) is 7.06. The molecule has 0 spiro atoms. The van der Waals surface area contributed by atoms with Gasteiger partial charge in [0.2, 0.25) is 5.91 Å². The van der Waals surface area contributed by atoms with E-state index in [9.17, 15) is 9.18 Å². The van der Waals surface area contributed by atoms with Crippen LogP contribution in [0.5, 0.6) is 6.01 Å². The number of nitrogens with zero attached hydrogens (tertiary/aromatic N) is 5. The molecule has 9 heteroatoms. The summed E-state index contributed by atoms with van der Waals surface area (Å²) in [6.07, 6.45) is 4.02. The highest BCUT2D eigenvalue weighted by Crippen LogP contribution is 2.37. The molecule has 1 saturated heterocycles. The zero-order chi connectivity index (χ0) is 26.3. The molecule has 0 N–H and O–H groups in total. The number of amides is 1. The van der Waals surface area contributed by atoms with E-state index in [-0.39, 0.29) is 35.0 Å². The Morgan fingerprint density at radius 3 is 2.81 bits per heavy atom. The molecule has 1 fully saturated rings. The Hall–Kier alpha value is -4.14. The SMILES string of the molecule is C=CC(=O)N1CCC(N(C)c2nc(OC)nc3c(F)c(-c4cccc5ccc(F)c(CC)c45)ncc23)C1. The number of benzene rings is 2. The maximum atomic E-state index is 16.2. The molecule has 0 saturated carbocycles. The van der Waals surface area contributed by atoms with Crippen molar-refractivity contribution >= 4 is 33.4 Å². The van der Waals surface area contributed by atoms with Gasteiger partial charge in [-0.15, -0.1) is 0 Å². The number of hydrogen-bond acceptors (Lipinski definition) is 6. The van der Waals surface area contributed by atoms with Crippen LogP contribution in [0.3, 0.4) is 0 Å². The molecule has 2 aromatic heterocycles. The van der Waals surface area contributed by atoms with Crippen molar-refractivity contribution in [2.45, 2.75) is 25.8 Å². The van der Waals surface area contributed by atoms with Crippen molar-refractivity contribution in [3.8, 4) is 17.3 Å². The lowest BCUT2D eigenvalue weighted by Gasteiger charge is -2.27. The first-order valence-corrected chi connectivity index (χ1v) is 12.1. The van der Waals surface area contributed by atoms with Gasteiger partial charge in [-0.2, -0.15) is 9.97 Å². The molecule has 7 nitrogen and oxygen atoms in total. The molecule has 0 radical (unpaired) electrons. The number of aryl methyl sites for hydroxylation is 1. The number of pyridine rings is 1. The van der Waals surface area contributed by atoms with E-state index >= 15 is 4.39 Å². The summed E-state index contributed by atoms with van der Waals surface area (Å²) in [5.41, 5.74) is 1.14. The Bertz CT molecular complexity index is 1540. The van der Waals surface area contributed by atoms with E-state index in [2.05, 4.69) is 21.5 Å². The number of likely N-dealkylation sites (tertiary alicyclic amines) is 1. The van der Waals surface area contributed by atoms with Gasteiger partial charge in [0.05, 0.1) is 12.5 Å². The zero-order valence-electron chi connectivity index (χ0n) is 21.0. The number of halogens is 2. The fraction of sp³-hybridized carbons (Fsp3) is 0.286. The monoisotopic (exact) mass is 503 g/mol. The quantitative estimate of drug-likeness (QED) is 0.348. The third-order valence-electron chi connectivity index (χ3n) is 7.06. The molecule has 1 unspecified atom stereocenters. The highest BCUT2D eigenvalue weighted by molar-refractivity contribution is 6.01. The summed E-state index contributed by atoms with van der Waals surface area (Å²) in [6.45, 7) is 6.51. The van der Waals surface area contributed by atoms with Crippen LogP contribution in [0.4, 0.5) is 14.6 Å². The standard InChI is InChI=1S/C28H27F2N5O2/c1-5-18-21(29)11-10-16-8-7-9-19(23(16)18)25-24(30)26-20(14-31-25)27(33-28(32-26)37-4)34(3)17-12-13-35(15-17)22(36)6-2/h6-11,14,17H,2,5,12-13,15H2,1,3-4H3. The van der Waals surface area contributed by atoms with E-state index in [1.165, 1.54) is 19.3 Å². The van der Waals surface area contributed by atoms with Gasteiger partial charge in [0.1, 0.15) is 22.8 Å². The lowest BCUT2D eigenvalue weighted by molar-refractivity contribution is -0.125. The number of hydrogen-bond donors (Lipinski definition) is 0. The summed E-state index contributed by atoms with van der Waals surface area (Å²) < 4.78 is 36.2. The Labute approximate surface area is 213 Å². The Morgan fingerprint density at radius 2 is 2.08 bits per heavy atom. The summed E-state index contributed by atoms with van der Waals surface area (Å²) in [5, 5.41) is 1.85. The second kappa shape index (κ2) is 9.72. The van der Waals surface area contributed by atoms with Crippen LogP contribution in [0.25, 0.3) is 32.9 Å². The first kappa shape index (κ1) is 24.5. The molecule has 5 rings (SSSR count). The Balaban J connectivity index is 1.66.